The molecule has 1 N–H and O–H groups in total. The van der Waals surface area contributed by atoms with Gasteiger partial charge in [0.15, 0.2) is 0 Å². The van der Waals surface area contributed by atoms with E-state index in [0.29, 0.717) is 5.16 Å². The average molecular weight is 390 g/mol. The van der Waals surface area contributed by atoms with Crippen molar-refractivity contribution in [3.8, 4) is 11.4 Å². The number of ether oxygens (including phenoxy) is 1. The highest BCUT2D eigenvalue weighted by Crippen LogP contribution is 2.32. The summed E-state index contributed by atoms with van der Waals surface area (Å²) in [5.41, 5.74) is 1.71. The van der Waals surface area contributed by atoms with Gasteiger partial charge in [-0.2, -0.15) is 4.68 Å². The lowest BCUT2D eigenvalue weighted by Gasteiger charge is -2.21. The molecule has 0 spiro atoms. The third-order valence-electron chi connectivity index (χ3n) is 4.69. The fourth-order valence-corrected chi connectivity index (χ4v) is 4.31. The first-order chi connectivity index (χ1) is 13.3. The Hall–Kier alpha value is -2.09. The second-order valence-electron chi connectivity index (χ2n) is 6.72. The summed E-state index contributed by atoms with van der Waals surface area (Å²) in [7, 11) is 0. The molecule has 146 valence electrons. The predicted octanol–water partition coefficient (Wildman–Crippen LogP) is 4.49. The number of aromatic nitrogens is 4. The predicted molar refractivity (Wildman–Crippen MR) is 106 cm³/mol. The lowest BCUT2D eigenvalue weighted by molar-refractivity contribution is 0.305. The lowest BCUT2D eigenvalue weighted by Crippen LogP contribution is -2.22. The Balaban J connectivity index is 1.61. The normalized spacial score (nSPS) is 18.7. The van der Waals surface area contributed by atoms with E-state index in [-0.39, 0.29) is 5.25 Å². The van der Waals surface area contributed by atoms with Crippen molar-refractivity contribution in [1.29, 1.82) is 0 Å². The summed E-state index contributed by atoms with van der Waals surface area (Å²) < 4.78 is 7.52. The SMILES string of the molecule is CCCCCCOc1ccc(-n2nnnc2SC2CCCC/C2=N/O)cc1. The van der Waals surface area contributed by atoms with Crippen LogP contribution in [0.1, 0.15) is 58.3 Å². The first-order valence-electron chi connectivity index (χ1n) is 9.71. The zero-order valence-electron chi connectivity index (χ0n) is 15.8. The molecule has 1 saturated carbocycles. The number of oxime groups is 1. The molecule has 0 bridgehead atoms. The van der Waals surface area contributed by atoms with E-state index in [1.165, 1.54) is 19.3 Å². The number of unbranched alkanes of at least 4 members (excludes halogenated alkanes) is 3. The molecule has 8 heteroatoms. The number of hydrogen-bond donors (Lipinski definition) is 1. The van der Waals surface area contributed by atoms with E-state index < -0.39 is 0 Å². The summed E-state index contributed by atoms with van der Waals surface area (Å²) in [6, 6.07) is 7.83. The maximum Gasteiger partial charge on any atom is 0.214 e. The second kappa shape index (κ2) is 10.3. The Kier molecular flexibility index (Phi) is 7.50. The van der Waals surface area contributed by atoms with Crippen molar-refractivity contribution in [2.45, 2.75) is 68.7 Å². The van der Waals surface area contributed by atoms with E-state index >= 15 is 0 Å². The molecule has 1 fully saturated rings. The largest absolute Gasteiger partial charge is 0.494 e. The van der Waals surface area contributed by atoms with Crippen LogP contribution in [-0.2, 0) is 0 Å². The molecule has 0 amide bonds. The van der Waals surface area contributed by atoms with E-state index in [1.54, 1.807) is 16.4 Å². The van der Waals surface area contributed by atoms with Crippen molar-refractivity contribution >= 4 is 17.5 Å². The van der Waals surface area contributed by atoms with Gasteiger partial charge in [0.2, 0.25) is 5.16 Å². The summed E-state index contributed by atoms with van der Waals surface area (Å²) in [5, 5.41) is 25.6. The van der Waals surface area contributed by atoms with E-state index in [1.807, 2.05) is 24.3 Å². The second-order valence-corrected chi connectivity index (χ2v) is 7.89. The molecular weight excluding hydrogens is 362 g/mol. The summed E-state index contributed by atoms with van der Waals surface area (Å²) in [6.07, 6.45) is 8.78. The zero-order valence-corrected chi connectivity index (χ0v) is 16.6. The van der Waals surface area contributed by atoms with E-state index in [4.69, 9.17) is 4.74 Å². The topological polar surface area (TPSA) is 85.4 Å². The van der Waals surface area contributed by atoms with Crippen LogP contribution in [0.5, 0.6) is 5.75 Å². The Morgan fingerprint density at radius 3 is 2.85 bits per heavy atom. The van der Waals surface area contributed by atoms with E-state index in [2.05, 4.69) is 27.6 Å². The van der Waals surface area contributed by atoms with Crippen LogP contribution < -0.4 is 4.74 Å². The minimum Gasteiger partial charge on any atom is -0.494 e. The molecule has 1 unspecified atom stereocenters. The van der Waals surface area contributed by atoms with Crippen molar-refractivity contribution in [3.63, 3.8) is 0 Å². The van der Waals surface area contributed by atoms with Crippen LogP contribution >= 0.6 is 11.8 Å². The van der Waals surface area contributed by atoms with Crippen LogP contribution in [0.3, 0.4) is 0 Å². The van der Waals surface area contributed by atoms with Gasteiger partial charge in [0, 0.05) is 0 Å². The molecule has 1 aliphatic carbocycles. The Bertz CT molecular complexity index is 732. The summed E-state index contributed by atoms with van der Waals surface area (Å²) >= 11 is 1.56. The van der Waals surface area contributed by atoms with Gasteiger partial charge in [-0.15, -0.1) is 5.10 Å². The molecule has 0 aliphatic heterocycles. The molecule has 1 aromatic carbocycles. The Labute approximate surface area is 164 Å². The number of benzene rings is 1. The maximum atomic E-state index is 9.23. The third-order valence-corrected chi connectivity index (χ3v) is 5.94. The number of hydrogen-bond acceptors (Lipinski definition) is 7. The molecule has 0 saturated heterocycles. The van der Waals surface area contributed by atoms with E-state index in [9.17, 15) is 5.21 Å². The van der Waals surface area contributed by atoms with Crippen LogP contribution in [0, 0.1) is 0 Å². The highest BCUT2D eigenvalue weighted by Gasteiger charge is 2.25. The van der Waals surface area contributed by atoms with Gasteiger partial charge in [0.05, 0.1) is 23.3 Å². The molecule has 0 radical (unpaired) electrons. The molecule has 1 atom stereocenters. The number of tetrazole rings is 1. The smallest absolute Gasteiger partial charge is 0.214 e. The van der Waals surface area contributed by atoms with Gasteiger partial charge in [-0.05, 0) is 60.4 Å². The molecule has 27 heavy (non-hydrogen) atoms. The minimum absolute atomic E-state index is 0.124. The van der Waals surface area contributed by atoms with Gasteiger partial charge >= 0.3 is 0 Å². The lowest BCUT2D eigenvalue weighted by atomic mass is 9.98. The number of rotatable bonds is 9. The highest BCUT2D eigenvalue weighted by atomic mass is 32.2. The summed E-state index contributed by atoms with van der Waals surface area (Å²) in [6.45, 7) is 2.95. The molecule has 2 aromatic rings. The quantitative estimate of drug-likeness (QED) is 0.386. The molecule has 1 heterocycles. The van der Waals surface area contributed by atoms with Crippen LogP contribution in [-0.4, -0.2) is 43.0 Å². The number of nitrogens with zero attached hydrogens (tertiary/aromatic N) is 5. The third kappa shape index (κ3) is 5.45. The van der Waals surface area contributed by atoms with Gasteiger partial charge in [-0.3, -0.25) is 0 Å². The van der Waals surface area contributed by atoms with Gasteiger partial charge in [-0.25, -0.2) is 0 Å². The van der Waals surface area contributed by atoms with Gasteiger partial charge in [-0.1, -0.05) is 49.5 Å². The zero-order chi connectivity index (χ0) is 18.9. The highest BCUT2D eigenvalue weighted by molar-refractivity contribution is 8.00. The average Bonchev–Trinajstić information content (AvgIpc) is 3.17. The van der Waals surface area contributed by atoms with Crippen molar-refractivity contribution < 1.29 is 9.94 Å². The van der Waals surface area contributed by atoms with Gasteiger partial charge in [0.1, 0.15) is 5.75 Å². The fraction of sp³-hybridized carbons (Fsp3) is 0.579. The van der Waals surface area contributed by atoms with Crippen molar-refractivity contribution in [2.75, 3.05) is 6.61 Å². The standard InChI is InChI=1S/C19H27N5O2S/c1-2-3-4-7-14-26-16-12-10-15(11-13-16)24-19(20-22-23-24)27-18-9-6-5-8-17(18)21-25/h10-13,18,25H,2-9,14H2,1H3/b21-17-. The minimum atomic E-state index is 0.124. The van der Waals surface area contributed by atoms with Gasteiger partial charge in [0.25, 0.3) is 0 Å². The molecule has 7 nitrogen and oxygen atoms in total. The van der Waals surface area contributed by atoms with Crippen LogP contribution in [0.15, 0.2) is 34.6 Å². The van der Waals surface area contributed by atoms with Crippen LogP contribution in [0.4, 0.5) is 0 Å². The van der Waals surface area contributed by atoms with Crippen LogP contribution in [0.2, 0.25) is 0 Å². The van der Waals surface area contributed by atoms with Crippen molar-refractivity contribution in [2.24, 2.45) is 5.16 Å². The molecule has 1 aromatic heterocycles. The van der Waals surface area contributed by atoms with Crippen LogP contribution in [0.25, 0.3) is 5.69 Å². The number of thioether (sulfide) groups is 1. The first kappa shape index (κ1) is 19.7. The molecule has 1 aliphatic rings. The Morgan fingerprint density at radius 1 is 1.22 bits per heavy atom. The summed E-state index contributed by atoms with van der Waals surface area (Å²) in [5.74, 6) is 0.861. The molecule has 3 rings (SSSR count). The van der Waals surface area contributed by atoms with Crippen molar-refractivity contribution in [1.82, 2.24) is 20.2 Å². The Morgan fingerprint density at radius 2 is 2.07 bits per heavy atom. The van der Waals surface area contributed by atoms with Gasteiger partial charge < -0.3 is 9.94 Å². The van der Waals surface area contributed by atoms with Crippen molar-refractivity contribution in [3.05, 3.63) is 24.3 Å². The fourth-order valence-electron chi connectivity index (χ4n) is 3.15. The molecular formula is C19H27N5O2S. The monoisotopic (exact) mass is 389 g/mol. The first-order valence-corrected chi connectivity index (χ1v) is 10.6. The summed E-state index contributed by atoms with van der Waals surface area (Å²) in [4.78, 5) is 0. The maximum absolute atomic E-state index is 9.23. The van der Waals surface area contributed by atoms with E-state index in [0.717, 1.165) is 55.9 Å².